The van der Waals surface area contributed by atoms with Crippen LogP contribution in [0.1, 0.15) is 5.69 Å². The molecule has 0 bridgehead atoms. The zero-order chi connectivity index (χ0) is 12.6. The van der Waals surface area contributed by atoms with Crippen molar-refractivity contribution in [3.8, 4) is 0 Å². The zero-order valence-electron chi connectivity index (χ0n) is 8.77. The molecule has 2 rings (SSSR count). The van der Waals surface area contributed by atoms with Gasteiger partial charge in [0.1, 0.15) is 12.3 Å². The van der Waals surface area contributed by atoms with Crippen LogP contribution in [0.2, 0.25) is 0 Å². The van der Waals surface area contributed by atoms with Crippen LogP contribution in [-0.4, -0.2) is 38.6 Å². The Balaban J connectivity index is 2.58. The Kier molecular flexibility index (Phi) is 3.39. The predicted octanol–water partition coefficient (Wildman–Crippen LogP) is -1.61. The van der Waals surface area contributed by atoms with Crippen LogP contribution in [0.15, 0.2) is 9.59 Å². The molecule has 0 aromatic carbocycles. The van der Waals surface area contributed by atoms with E-state index in [9.17, 15) is 19.8 Å². The topological polar surface area (TPSA) is 105 Å². The van der Waals surface area contributed by atoms with Gasteiger partial charge < -0.3 is 14.9 Å². The molecule has 2 heterocycles. The quantitative estimate of drug-likeness (QED) is 0.555. The molecule has 0 aliphatic carbocycles. The van der Waals surface area contributed by atoms with Crippen molar-refractivity contribution in [2.75, 3.05) is 13.2 Å². The third-order valence-corrected chi connectivity index (χ3v) is 3.92. The molecule has 0 saturated carbocycles. The molecular weight excluding hydrogens is 343 g/mol. The maximum absolute atomic E-state index is 11.5. The number of aliphatic hydroxyl groups is 2. The van der Waals surface area contributed by atoms with Crippen LogP contribution in [-0.2, 0) is 17.9 Å². The van der Waals surface area contributed by atoms with Crippen molar-refractivity contribution in [1.29, 1.82) is 0 Å². The highest BCUT2D eigenvalue weighted by atomic mass is 127. The van der Waals surface area contributed by atoms with Gasteiger partial charge in [-0.05, 0) is 22.6 Å². The number of halogens is 1. The van der Waals surface area contributed by atoms with E-state index >= 15 is 0 Å². The lowest BCUT2D eigenvalue weighted by Gasteiger charge is -2.35. The Morgan fingerprint density at radius 2 is 2.06 bits per heavy atom. The molecule has 1 aliphatic rings. The normalized spacial score (nSPS) is 17.8. The monoisotopic (exact) mass is 354 g/mol. The lowest BCUT2D eigenvalue weighted by molar-refractivity contribution is -0.149. The fourth-order valence-electron chi connectivity index (χ4n) is 1.71. The van der Waals surface area contributed by atoms with Crippen LogP contribution in [0.3, 0.4) is 0 Å². The van der Waals surface area contributed by atoms with Gasteiger partial charge in [-0.1, -0.05) is 0 Å². The second-order valence-electron chi connectivity index (χ2n) is 3.90. The minimum Gasteiger partial charge on any atom is -0.393 e. The summed E-state index contributed by atoms with van der Waals surface area (Å²) in [5.74, 6) is 0. The molecule has 1 aliphatic heterocycles. The van der Waals surface area contributed by atoms with E-state index < -0.39 is 16.9 Å². The van der Waals surface area contributed by atoms with Crippen LogP contribution in [0.4, 0.5) is 0 Å². The highest BCUT2D eigenvalue weighted by molar-refractivity contribution is 14.1. The van der Waals surface area contributed by atoms with Gasteiger partial charge in [0.25, 0.3) is 5.56 Å². The Bertz CT molecular complexity index is 545. The second-order valence-corrected chi connectivity index (χ2v) is 4.98. The molecule has 0 atom stereocenters. The minimum absolute atomic E-state index is 0.0952. The molecule has 8 heteroatoms. The van der Waals surface area contributed by atoms with Gasteiger partial charge in [0.05, 0.1) is 16.8 Å². The van der Waals surface area contributed by atoms with Crippen molar-refractivity contribution in [3.63, 3.8) is 0 Å². The molecule has 17 heavy (non-hydrogen) atoms. The number of hydrogen-bond acceptors (Lipinski definition) is 5. The summed E-state index contributed by atoms with van der Waals surface area (Å²) in [6.45, 7) is -0.844. The lowest BCUT2D eigenvalue weighted by atomic mass is 9.98. The Morgan fingerprint density at radius 1 is 1.41 bits per heavy atom. The fourth-order valence-corrected chi connectivity index (χ4v) is 2.33. The predicted molar refractivity (Wildman–Crippen MR) is 65.7 cm³/mol. The smallest absolute Gasteiger partial charge is 0.330 e. The molecule has 3 N–H and O–H groups in total. The summed E-state index contributed by atoms with van der Waals surface area (Å²) in [6.07, 6.45) is 0.122. The summed E-state index contributed by atoms with van der Waals surface area (Å²) in [5, 5.41) is 18.5. The first-order chi connectivity index (χ1) is 8.03. The second kappa shape index (κ2) is 4.52. The molecule has 0 radical (unpaired) electrons. The van der Waals surface area contributed by atoms with Gasteiger partial charge in [0, 0.05) is 12.1 Å². The van der Waals surface area contributed by atoms with Crippen LogP contribution in [0.25, 0.3) is 0 Å². The number of nitrogens with one attached hydrogen (secondary N) is 1. The molecule has 0 saturated heterocycles. The van der Waals surface area contributed by atoms with E-state index in [0.717, 1.165) is 0 Å². The Morgan fingerprint density at radius 3 is 2.65 bits per heavy atom. The average molecular weight is 354 g/mol. The molecule has 94 valence electrons. The van der Waals surface area contributed by atoms with E-state index in [2.05, 4.69) is 4.98 Å². The van der Waals surface area contributed by atoms with Crippen LogP contribution < -0.4 is 11.2 Å². The van der Waals surface area contributed by atoms with E-state index in [1.54, 1.807) is 0 Å². The molecule has 1 aromatic rings. The van der Waals surface area contributed by atoms with Crippen molar-refractivity contribution in [2.24, 2.45) is 0 Å². The number of H-pyrrole nitrogens is 1. The zero-order valence-corrected chi connectivity index (χ0v) is 10.9. The first kappa shape index (κ1) is 12.7. The van der Waals surface area contributed by atoms with E-state index in [0.29, 0.717) is 9.26 Å². The summed E-state index contributed by atoms with van der Waals surface area (Å²) in [5.41, 5.74) is -1.66. The number of ether oxygens (including phenoxy) is 1. The summed E-state index contributed by atoms with van der Waals surface area (Å²) in [7, 11) is 0. The highest BCUT2D eigenvalue weighted by Crippen LogP contribution is 2.23. The Labute approximate surface area is 109 Å². The largest absolute Gasteiger partial charge is 0.393 e. The lowest BCUT2D eigenvalue weighted by Crippen LogP contribution is -2.51. The summed E-state index contributed by atoms with van der Waals surface area (Å²) in [4.78, 5) is 25.2. The standard InChI is InChI=1S/C9H11IN2O5/c10-6-5-1-9(2-13,3-14)17-4-12(5)8(16)11-7(6)15/h13-14H,1-4H2,(H,11,15,16). The van der Waals surface area contributed by atoms with E-state index in [1.807, 2.05) is 22.6 Å². The van der Waals surface area contributed by atoms with Crippen LogP contribution in [0, 0.1) is 3.57 Å². The highest BCUT2D eigenvalue weighted by Gasteiger charge is 2.36. The fraction of sp³-hybridized carbons (Fsp3) is 0.556. The summed E-state index contributed by atoms with van der Waals surface area (Å²) < 4.78 is 6.96. The third-order valence-electron chi connectivity index (χ3n) is 2.81. The van der Waals surface area contributed by atoms with Gasteiger partial charge in [0.2, 0.25) is 0 Å². The van der Waals surface area contributed by atoms with E-state index in [1.165, 1.54) is 4.57 Å². The molecule has 1 aromatic heterocycles. The molecule has 7 nitrogen and oxygen atoms in total. The van der Waals surface area contributed by atoms with Gasteiger partial charge in [-0.15, -0.1) is 0 Å². The van der Waals surface area contributed by atoms with Crippen molar-refractivity contribution < 1.29 is 14.9 Å². The SMILES string of the molecule is O=c1[nH]c(=O)n2c(c1I)CC(CO)(CO)OC2. The van der Waals surface area contributed by atoms with Crippen molar-refractivity contribution >= 4 is 22.6 Å². The van der Waals surface area contributed by atoms with Gasteiger partial charge in [-0.25, -0.2) is 4.79 Å². The minimum atomic E-state index is -1.12. The number of fused-ring (bicyclic) bond motifs is 1. The van der Waals surface area contributed by atoms with Gasteiger partial charge in [0.15, 0.2) is 0 Å². The first-order valence-electron chi connectivity index (χ1n) is 4.90. The average Bonchev–Trinajstić information content (AvgIpc) is 2.35. The van der Waals surface area contributed by atoms with Gasteiger partial charge in [-0.2, -0.15) is 0 Å². The number of aliphatic hydroxyl groups excluding tert-OH is 2. The number of rotatable bonds is 2. The van der Waals surface area contributed by atoms with Crippen LogP contribution >= 0.6 is 22.6 Å². The number of aromatic nitrogens is 2. The van der Waals surface area contributed by atoms with Crippen molar-refractivity contribution in [1.82, 2.24) is 9.55 Å². The summed E-state index contributed by atoms with van der Waals surface area (Å²) >= 11 is 1.83. The van der Waals surface area contributed by atoms with Crippen molar-refractivity contribution in [2.45, 2.75) is 18.8 Å². The number of hydrogen-bond donors (Lipinski definition) is 3. The van der Waals surface area contributed by atoms with E-state index in [4.69, 9.17) is 4.74 Å². The molecule has 0 unspecified atom stereocenters. The molecule has 0 fully saturated rings. The Hall–Kier alpha value is -0.710. The molecule has 0 amide bonds. The van der Waals surface area contributed by atoms with Gasteiger partial charge in [-0.3, -0.25) is 14.3 Å². The maximum Gasteiger partial charge on any atom is 0.330 e. The van der Waals surface area contributed by atoms with Crippen molar-refractivity contribution in [3.05, 3.63) is 30.1 Å². The van der Waals surface area contributed by atoms with Crippen LogP contribution in [0.5, 0.6) is 0 Å². The number of nitrogens with zero attached hydrogens (tertiary/aromatic N) is 1. The number of aromatic amines is 1. The third kappa shape index (κ3) is 2.05. The maximum atomic E-state index is 11.5. The molecular formula is C9H11IN2O5. The summed E-state index contributed by atoms with van der Waals surface area (Å²) in [6, 6.07) is 0. The first-order valence-corrected chi connectivity index (χ1v) is 5.98. The molecule has 0 spiro atoms. The van der Waals surface area contributed by atoms with Gasteiger partial charge >= 0.3 is 5.69 Å². The van der Waals surface area contributed by atoms with E-state index in [-0.39, 0.29) is 26.4 Å².